The summed E-state index contributed by atoms with van der Waals surface area (Å²) in [5.74, 6) is 0.646. The summed E-state index contributed by atoms with van der Waals surface area (Å²) < 4.78 is 2.13. The first-order valence-corrected chi connectivity index (χ1v) is 7.38. The van der Waals surface area contributed by atoms with Crippen molar-refractivity contribution in [2.45, 2.75) is 45.3 Å². The molecule has 0 saturated heterocycles. The van der Waals surface area contributed by atoms with Crippen molar-refractivity contribution in [1.82, 2.24) is 9.55 Å². The van der Waals surface area contributed by atoms with E-state index in [1.54, 1.807) is 12.1 Å². The van der Waals surface area contributed by atoms with Crippen molar-refractivity contribution in [2.24, 2.45) is 5.92 Å². The second kappa shape index (κ2) is 5.15. The van der Waals surface area contributed by atoms with Crippen molar-refractivity contribution in [3.05, 3.63) is 29.6 Å². The predicted molar refractivity (Wildman–Crippen MR) is 79.5 cm³/mol. The molecule has 0 bridgehead atoms. The molecule has 0 radical (unpaired) electrons. The van der Waals surface area contributed by atoms with E-state index in [4.69, 9.17) is 0 Å². The van der Waals surface area contributed by atoms with Crippen LogP contribution in [0.3, 0.4) is 0 Å². The SMILES string of the molecule is CC(C)c1nc2c(C(=O)O)cccc2n1CC1CC(O)C1. The fourth-order valence-electron chi connectivity index (χ4n) is 3.08. The van der Waals surface area contributed by atoms with Gasteiger partial charge in [0.2, 0.25) is 0 Å². The molecule has 0 amide bonds. The Morgan fingerprint density at radius 3 is 2.71 bits per heavy atom. The molecule has 1 fully saturated rings. The summed E-state index contributed by atoms with van der Waals surface area (Å²) >= 11 is 0. The number of benzene rings is 1. The van der Waals surface area contributed by atoms with E-state index in [-0.39, 0.29) is 17.6 Å². The molecule has 2 N–H and O–H groups in total. The molecule has 5 nitrogen and oxygen atoms in total. The Morgan fingerprint density at radius 2 is 2.14 bits per heavy atom. The smallest absolute Gasteiger partial charge is 0.337 e. The van der Waals surface area contributed by atoms with Gasteiger partial charge in [-0.1, -0.05) is 19.9 Å². The number of fused-ring (bicyclic) bond motifs is 1. The minimum atomic E-state index is -0.945. The Kier molecular flexibility index (Phi) is 3.45. The fourth-order valence-corrected chi connectivity index (χ4v) is 3.08. The number of hydrogen-bond acceptors (Lipinski definition) is 3. The number of aliphatic hydroxyl groups excluding tert-OH is 1. The number of hydrogen-bond donors (Lipinski definition) is 2. The van der Waals surface area contributed by atoms with Crippen molar-refractivity contribution in [2.75, 3.05) is 0 Å². The number of carboxylic acids is 1. The molecule has 3 rings (SSSR count). The molecule has 1 aromatic heterocycles. The highest BCUT2D eigenvalue weighted by molar-refractivity contribution is 6.01. The van der Waals surface area contributed by atoms with Crippen molar-refractivity contribution < 1.29 is 15.0 Å². The van der Waals surface area contributed by atoms with Gasteiger partial charge in [-0.2, -0.15) is 0 Å². The summed E-state index contributed by atoms with van der Waals surface area (Å²) in [6, 6.07) is 5.29. The van der Waals surface area contributed by atoms with Gasteiger partial charge in [0.05, 0.1) is 17.2 Å². The van der Waals surface area contributed by atoms with Crippen molar-refractivity contribution in [1.29, 1.82) is 0 Å². The third-order valence-corrected chi connectivity index (χ3v) is 4.21. The van der Waals surface area contributed by atoms with Gasteiger partial charge < -0.3 is 14.8 Å². The Balaban J connectivity index is 2.09. The summed E-state index contributed by atoms with van der Waals surface area (Å²) in [4.78, 5) is 15.9. The van der Waals surface area contributed by atoms with Gasteiger partial charge in [-0.15, -0.1) is 0 Å². The molecule has 0 spiro atoms. The van der Waals surface area contributed by atoms with Crippen LogP contribution in [0.5, 0.6) is 0 Å². The average Bonchev–Trinajstić information content (AvgIpc) is 2.75. The van der Waals surface area contributed by atoms with Crippen LogP contribution in [-0.2, 0) is 6.54 Å². The number of nitrogens with zero attached hydrogens (tertiary/aromatic N) is 2. The van der Waals surface area contributed by atoms with Crippen LogP contribution in [0.4, 0.5) is 0 Å². The molecule has 1 aliphatic rings. The highest BCUT2D eigenvalue weighted by Gasteiger charge is 2.29. The second-order valence-corrected chi connectivity index (χ2v) is 6.21. The van der Waals surface area contributed by atoms with Gasteiger partial charge in [0.25, 0.3) is 0 Å². The van der Waals surface area contributed by atoms with Crippen LogP contribution in [-0.4, -0.2) is 31.8 Å². The minimum Gasteiger partial charge on any atom is -0.478 e. The number of rotatable bonds is 4. The van der Waals surface area contributed by atoms with E-state index in [0.29, 0.717) is 11.4 Å². The Bertz CT molecular complexity index is 684. The number of carbonyl (C=O) groups is 1. The molecule has 5 heteroatoms. The lowest BCUT2D eigenvalue weighted by Gasteiger charge is -2.32. The largest absolute Gasteiger partial charge is 0.478 e. The van der Waals surface area contributed by atoms with Crippen LogP contribution >= 0.6 is 0 Å². The Labute approximate surface area is 123 Å². The maximum Gasteiger partial charge on any atom is 0.337 e. The summed E-state index contributed by atoms with van der Waals surface area (Å²) in [7, 11) is 0. The van der Waals surface area contributed by atoms with E-state index in [0.717, 1.165) is 30.7 Å². The van der Waals surface area contributed by atoms with Crippen molar-refractivity contribution in [3.8, 4) is 0 Å². The molecule has 1 heterocycles. The van der Waals surface area contributed by atoms with Gasteiger partial charge in [0.1, 0.15) is 11.3 Å². The van der Waals surface area contributed by atoms with Crippen LogP contribution in [0.2, 0.25) is 0 Å². The summed E-state index contributed by atoms with van der Waals surface area (Å²) in [6.45, 7) is 4.92. The first-order valence-electron chi connectivity index (χ1n) is 7.38. The Morgan fingerprint density at radius 1 is 1.43 bits per heavy atom. The highest BCUT2D eigenvalue weighted by Crippen LogP contribution is 2.32. The fraction of sp³-hybridized carbons (Fsp3) is 0.500. The third-order valence-electron chi connectivity index (χ3n) is 4.21. The van der Waals surface area contributed by atoms with E-state index in [9.17, 15) is 15.0 Å². The molecule has 1 aliphatic carbocycles. The lowest BCUT2D eigenvalue weighted by atomic mass is 9.82. The summed E-state index contributed by atoms with van der Waals surface area (Å²) in [6.07, 6.45) is 1.45. The van der Waals surface area contributed by atoms with Crippen LogP contribution in [0.15, 0.2) is 18.2 Å². The van der Waals surface area contributed by atoms with E-state index < -0.39 is 5.97 Å². The summed E-state index contributed by atoms with van der Waals surface area (Å²) in [5.41, 5.74) is 1.69. The second-order valence-electron chi connectivity index (χ2n) is 6.21. The molecule has 2 aromatic rings. The average molecular weight is 288 g/mol. The van der Waals surface area contributed by atoms with Crippen LogP contribution in [0.25, 0.3) is 11.0 Å². The first kappa shape index (κ1) is 14.1. The molecule has 112 valence electrons. The number of aromatic carboxylic acids is 1. The van der Waals surface area contributed by atoms with E-state index in [2.05, 4.69) is 23.4 Å². The monoisotopic (exact) mass is 288 g/mol. The molecule has 1 saturated carbocycles. The third kappa shape index (κ3) is 2.42. The first-order chi connectivity index (χ1) is 9.97. The number of para-hydroxylation sites is 1. The van der Waals surface area contributed by atoms with E-state index in [1.807, 2.05) is 6.07 Å². The van der Waals surface area contributed by atoms with Crippen LogP contribution in [0, 0.1) is 5.92 Å². The van der Waals surface area contributed by atoms with E-state index >= 15 is 0 Å². The number of aliphatic hydroxyl groups is 1. The van der Waals surface area contributed by atoms with Crippen molar-refractivity contribution >= 4 is 17.0 Å². The lowest BCUT2D eigenvalue weighted by molar-refractivity contribution is 0.0353. The van der Waals surface area contributed by atoms with Crippen molar-refractivity contribution in [3.63, 3.8) is 0 Å². The zero-order chi connectivity index (χ0) is 15.1. The normalized spacial score (nSPS) is 21.7. The zero-order valence-electron chi connectivity index (χ0n) is 12.3. The number of carboxylic acid groups (broad SMARTS) is 1. The maximum absolute atomic E-state index is 11.4. The Hall–Kier alpha value is -1.88. The number of aromatic nitrogens is 2. The van der Waals surface area contributed by atoms with Gasteiger partial charge in [-0.25, -0.2) is 9.78 Å². The van der Waals surface area contributed by atoms with Crippen LogP contribution in [0.1, 0.15) is 48.8 Å². The van der Waals surface area contributed by atoms with Crippen LogP contribution < -0.4 is 0 Å². The van der Waals surface area contributed by atoms with E-state index in [1.165, 1.54) is 0 Å². The van der Waals surface area contributed by atoms with Gasteiger partial charge in [0.15, 0.2) is 0 Å². The van der Waals surface area contributed by atoms with Gasteiger partial charge in [-0.3, -0.25) is 0 Å². The predicted octanol–water partition coefficient (Wildman–Crippen LogP) is 2.63. The molecule has 0 unspecified atom stereocenters. The van der Waals surface area contributed by atoms with Gasteiger partial charge >= 0.3 is 5.97 Å². The van der Waals surface area contributed by atoms with Gasteiger partial charge in [-0.05, 0) is 30.9 Å². The molecule has 0 aliphatic heterocycles. The maximum atomic E-state index is 11.4. The summed E-state index contributed by atoms with van der Waals surface area (Å²) in [5, 5.41) is 18.8. The minimum absolute atomic E-state index is 0.179. The van der Waals surface area contributed by atoms with Gasteiger partial charge in [0, 0.05) is 12.5 Å². The molecule has 21 heavy (non-hydrogen) atoms. The quantitative estimate of drug-likeness (QED) is 0.907. The topological polar surface area (TPSA) is 75.3 Å². The molecular formula is C16H20N2O3. The number of imidazole rings is 1. The zero-order valence-corrected chi connectivity index (χ0v) is 12.3. The molecule has 0 atom stereocenters. The molecular weight excluding hydrogens is 268 g/mol. The highest BCUT2D eigenvalue weighted by atomic mass is 16.4. The lowest BCUT2D eigenvalue weighted by Crippen LogP contribution is -2.31. The standard InChI is InChI=1S/C16H20N2O3/c1-9(2)15-17-14-12(16(20)21)4-3-5-13(14)18(15)8-10-6-11(19)7-10/h3-5,9-11,19H,6-8H2,1-2H3,(H,20,21). The molecule has 1 aromatic carbocycles.